The largest absolute Gasteiger partial charge is 0.492 e. The maximum atomic E-state index is 6.05. The highest BCUT2D eigenvalue weighted by Gasteiger charge is 2.11. The molecule has 0 saturated heterocycles. The number of nitrogens with two attached hydrogens (primary N) is 1. The number of para-hydroxylation sites is 1. The lowest BCUT2D eigenvalue weighted by Gasteiger charge is -2.18. The zero-order valence-electron chi connectivity index (χ0n) is 11.3. The van der Waals surface area contributed by atoms with Gasteiger partial charge in [0.05, 0.1) is 6.61 Å². The van der Waals surface area contributed by atoms with Crippen molar-refractivity contribution in [1.82, 2.24) is 0 Å². The molecule has 0 fully saturated rings. The molecule has 0 aliphatic rings. The van der Waals surface area contributed by atoms with Gasteiger partial charge in [-0.15, -0.1) is 0 Å². The van der Waals surface area contributed by atoms with Crippen molar-refractivity contribution in [3.63, 3.8) is 0 Å². The standard InChI is InChI=1S/C16H19NO2/c1-3-18-14-10-7-11-15(16(14)17)19-12(2)13-8-5-4-6-9-13/h4-12H,3,17H2,1-2H3. The van der Waals surface area contributed by atoms with Gasteiger partial charge in [-0.1, -0.05) is 36.4 Å². The quantitative estimate of drug-likeness (QED) is 0.828. The molecule has 19 heavy (non-hydrogen) atoms. The van der Waals surface area contributed by atoms with Crippen molar-refractivity contribution in [2.75, 3.05) is 12.3 Å². The van der Waals surface area contributed by atoms with E-state index in [4.69, 9.17) is 15.2 Å². The zero-order valence-corrected chi connectivity index (χ0v) is 11.3. The van der Waals surface area contributed by atoms with Gasteiger partial charge in [-0.3, -0.25) is 0 Å². The number of hydrogen-bond acceptors (Lipinski definition) is 3. The predicted molar refractivity (Wildman–Crippen MR) is 77.5 cm³/mol. The zero-order chi connectivity index (χ0) is 13.7. The summed E-state index contributed by atoms with van der Waals surface area (Å²) in [4.78, 5) is 0. The highest BCUT2D eigenvalue weighted by molar-refractivity contribution is 5.62. The molecule has 1 atom stereocenters. The Morgan fingerprint density at radius 2 is 1.68 bits per heavy atom. The fourth-order valence-corrected chi connectivity index (χ4v) is 1.89. The van der Waals surface area contributed by atoms with Crippen LogP contribution in [0, 0.1) is 0 Å². The van der Waals surface area contributed by atoms with Gasteiger partial charge in [0.1, 0.15) is 23.3 Å². The topological polar surface area (TPSA) is 44.5 Å². The van der Waals surface area contributed by atoms with Crippen molar-refractivity contribution in [3.8, 4) is 11.5 Å². The van der Waals surface area contributed by atoms with E-state index in [9.17, 15) is 0 Å². The number of anilines is 1. The Bertz CT molecular complexity index is 526. The molecule has 0 saturated carbocycles. The molecule has 2 rings (SSSR count). The van der Waals surface area contributed by atoms with Gasteiger partial charge in [-0.05, 0) is 31.5 Å². The summed E-state index contributed by atoms with van der Waals surface area (Å²) in [6.45, 7) is 4.52. The third kappa shape index (κ3) is 3.19. The summed E-state index contributed by atoms with van der Waals surface area (Å²) in [6, 6.07) is 15.6. The summed E-state index contributed by atoms with van der Waals surface area (Å²) in [5.74, 6) is 1.32. The molecule has 0 aliphatic heterocycles. The lowest BCUT2D eigenvalue weighted by atomic mass is 10.1. The Morgan fingerprint density at radius 1 is 1.00 bits per heavy atom. The predicted octanol–water partition coefficient (Wildman–Crippen LogP) is 3.81. The third-order valence-corrected chi connectivity index (χ3v) is 2.90. The van der Waals surface area contributed by atoms with Crippen molar-refractivity contribution in [3.05, 3.63) is 54.1 Å². The van der Waals surface area contributed by atoms with Crippen molar-refractivity contribution in [1.29, 1.82) is 0 Å². The maximum absolute atomic E-state index is 6.05. The van der Waals surface area contributed by atoms with Crippen LogP contribution in [0.2, 0.25) is 0 Å². The molecule has 3 heteroatoms. The molecule has 1 unspecified atom stereocenters. The normalized spacial score (nSPS) is 11.9. The SMILES string of the molecule is CCOc1cccc(OC(C)c2ccccc2)c1N. The van der Waals surface area contributed by atoms with E-state index in [1.54, 1.807) is 0 Å². The molecular formula is C16H19NO2. The van der Waals surface area contributed by atoms with E-state index < -0.39 is 0 Å². The van der Waals surface area contributed by atoms with Crippen LogP contribution in [-0.4, -0.2) is 6.61 Å². The summed E-state index contributed by atoms with van der Waals surface area (Å²) >= 11 is 0. The van der Waals surface area contributed by atoms with Crippen LogP contribution in [0.25, 0.3) is 0 Å². The minimum absolute atomic E-state index is 0.0552. The Morgan fingerprint density at radius 3 is 2.37 bits per heavy atom. The van der Waals surface area contributed by atoms with E-state index in [2.05, 4.69) is 0 Å². The fourth-order valence-electron chi connectivity index (χ4n) is 1.89. The van der Waals surface area contributed by atoms with Crippen LogP contribution in [0.3, 0.4) is 0 Å². The molecule has 2 aromatic rings. The second kappa shape index (κ2) is 6.14. The van der Waals surface area contributed by atoms with Gasteiger partial charge in [0.2, 0.25) is 0 Å². The van der Waals surface area contributed by atoms with Crippen molar-refractivity contribution in [2.24, 2.45) is 0 Å². The maximum Gasteiger partial charge on any atom is 0.146 e. The highest BCUT2D eigenvalue weighted by Crippen LogP contribution is 2.34. The van der Waals surface area contributed by atoms with Gasteiger partial charge in [-0.25, -0.2) is 0 Å². The Labute approximate surface area is 114 Å². The van der Waals surface area contributed by atoms with E-state index in [0.717, 1.165) is 5.56 Å². The Kier molecular flexibility index (Phi) is 4.29. The number of nitrogen functional groups attached to an aromatic ring is 1. The van der Waals surface area contributed by atoms with Gasteiger partial charge in [0.15, 0.2) is 0 Å². The van der Waals surface area contributed by atoms with Crippen LogP contribution in [0.15, 0.2) is 48.5 Å². The van der Waals surface area contributed by atoms with Crippen LogP contribution in [0.4, 0.5) is 5.69 Å². The number of rotatable bonds is 5. The molecular weight excluding hydrogens is 238 g/mol. The summed E-state index contributed by atoms with van der Waals surface area (Å²) < 4.78 is 11.4. The molecule has 0 aromatic heterocycles. The summed E-state index contributed by atoms with van der Waals surface area (Å²) in [5.41, 5.74) is 7.71. The first-order valence-electron chi connectivity index (χ1n) is 6.45. The van der Waals surface area contributed by atoms with Crippen LogP contribution in [0.1, 0.15) is 25.5 Å². The smallest absolute Gasteiger partial charge is 0.146 e. The lowest BCUT2D eigenvalue weighted by molar-refractivity contribution is 0.227. The van der Waals surface area contributed by atoms with Crippen molar-refractivity contribution >= 4 is 5.69 Å². The second-order valence-corrected chi connectivity index (χ2v) is 4.27. The highest BCUT2D eigenvalue weighted by atomic mass is 16.5. The van der Waals surface area contributed by atoms with Gasteiger partial charge in [0.25, 0.3) is 0 Å². The van der Waals surface area contributed by atoms with Crippen LogP contribution in [0.5, 0.6) is 11.5 Å². The second-order valence-electron chi connectivity index (χ2n) is 4.27. The first-order valence-corrected chi connectivity index (χ1v) is 6.45. The molecule has 0 aliphatic carbocycles. The van der Waals surface area contributed by atoms with Crippen LogP contribution < -0.4 is 15.2 Å². The minimum Gasteiger partial charge on any atom is -0.492 e. The van der Waals surface area contributed by atoms with E-state index in [0.29, 0.717) is 23.8 Å². The Hall–Kier alpha value is -2.16. The minimum atomic E-state index is -0.0552. The van der Waals surface area contributed by atoms with E-state index >= 15 is 0 Å². The summed E-state index contributed by atoms with van der Waals surface area (Å²) in [5, 5.41) is 0. The van der Waals surface area contributed by atoms with E-state index in [-0.39, 0.29) is 6.10 Å². The molecule has 0 spiro atoms. The molecule has 3 nitrogen and oxygen atoms in total. The fraction of sp³-hybridized carbons (Fsp3) is 0.250. The van der Waals surface area contributed by atoms with E-state index in [1.807, 2.05) is 62.4 Å². The monoisotopic (exact) mass is 257 g/mol. The lowest BCUT2D eigenvalue weighted by Crippen LogP contribution is -2.06. The number of ether oxygens (including phenoxy) is 2. The molecule has 0 heterocycles. The molecule has 0 bridgehead atoms. The number of hydrogen-bond donors (Lipinski definition) is 1. The van der Waals surface area contributed by atoms with Crippen LogP contribution in [-0.2, 0) is 0 Å². The first kappa shape index (κ1) is 13.3. The van der Waals surface area contributed by atoms with Gasteiger partial charge in [-0.2, -0.15) is 0 Å². The summed E-state index contributed by atoms with van der Waals surface area (Å²) in [6.07, 6.45) is -0.0552. The molecule has 0 radical (unpaired) electrons. The van der Waals surface area contributed by atoms with E-state index in [1.165, 1.54) is 0 Å². The van der Waals surface area contributed by atoms with Gasteiger partial charge < -0.3 is 15.2 Å². The van der Waals surface area contributed by atoms with Gasteiger partial charge >= 0.3 is 0 Å². The van der Waals surface area contributed by atoms with Gasteiger partial charge in [0, 0.05) is 0 Å². The molecule has 0 amide bonds. The summed E-state index contributed by atoms with van der Waals surface area (Å²) in [7, 11) is 0. The first-order chi connectivity index (χ1) is 9.22. The van der Waals surface area contributed by atoms with Crippen LogP contribution >= 0.6 is 0 Å². The van der Waals surface area contributed by atoms with Crippen molar-refractivity contribution < 1.29 is 9.47 Å². The average Bonchev–Trinajstić information content (AvgIpc) is 2.44. The third-order valence-electron chi connectivity index (χ3n) is 2.90. The average molecular weight is 257 g/mol. The Balaban J connectivity index is 2.17. The molecule has 2 aromatic carbocycles. The molecule has 2 N–H and O–H groups in total. The molecule has 100 valence electrons. The van der Waals surface area contributed by atoms with Crippen molar-refractivity contribution in [2.45, 2.75) is 20.0 Å². The number of benzene rings is 2.